The minimum Gasteiger partial charge on any atom is -0.319 e. The van der Waals surface area contributed by atoms with Crippen molar-refractivity contribution in [2.75, 3.05) is 10.7 Å². The van der Waals surface area contributed by atoms with Crippen LogP contribution in [0.4, 0.5) is 15.9 Å². The van der Waals surface area contributed by atoms with E-state index in [1.807, 2.05) is 0 Å². The molecular formula is C12H9Cl2FN4O. The number of nitrogen functional groups attached to an aromatic ring is 1. The summed E-state index contributed by atoms with van der Waals surface area (Å²) in [4.78, 5) is 15.8. The number of nitrogens with one attached hydrogen (secondary N) is 2. The molecule has 4 N–H and O–H groups in total. The van der Waals surface area contributed by atoms with Gasteiger partial charge in [-0.1, -0.05) is 29.3 Å². The molecule has 104 valence electrons. The molecule has 0 unspecified atom stereocenters. The summed E-state index contributed by atoms with van der Waals surface area (Å²) in [6.45, 7) is 0. The Morgan fingerprint density at radius 2 is 2.05 bits per heavy atom. The number of amides is 1. The summed E-state index contributed by atoms with van der Waals surface area (Å²) in [7, 11) is 0. The van der Waals surface area contributed by atoms with Crippen LogP contribution in [0, 0.1) is 5.82 Å². The summed E-state index contributed by atoms with van der Waals surface area (Å²) in [6, 6.07) is 7.01. The fourth-order valence-corrected chi connectivity index (χ4v) is 1.88. The third kappa shape index (κ3) is 3.16. The first-order valence-electron chi connectivity index (χ1n) is 5.41. The summed E-state index contributed by atoms with van der Waals surface area (Å²) in [5, 5.41) is 2.39. The van der Waals surface area contributed by atoms with Crippen molar-refractivity contribution in [3.05, 3.63) is 51.9 Å². The zero-order chi connectivity index (χ0) is 14.7. The third-order valence-electron chi connectivity index (χ3n) is 2.40. The molecule has 0 spiro atoms. The highest BCUT2D eigenvalue weighted by molar-refractivity contribution is 6.31. The van der Waals surface area contributed by atoms with Gasteiger partial charge in [-0.3, -0.25) is 4.79 Å². The van der Waals surface area contributed by atoms with E-state index in [4.69, 9.17) is 29.0 Å². The molecule has 20 heavy (non-hydrogen) atoms. The van der Waals surface area contributed by atoms with E-state index in [1.165, 1.54) is 30.3 Å². The molecule has 0 atom stereocenters. The van der Waals surface area contributed by atoms with Crippen molar-refractivity contribution >= 4 is 40.6 Å². The largest absolute Gasteiger partial charge is 0.319 e. The first-order valence-corrected chi connectivity index (χ1v) is 6.16. The molecule has 0 bridgehead atoms. The summed E-state index contributed by atoms with van der Waals surface area (Å²) >= 11 is 11.4. The molecule has 1 aromatic carbocycles. The van der Waals surface area contributed by atoms with Gasteiger partial charge in [0.1, 0.15) is 11.0 Å². The van der Waals surface area contributed by atoms with Crippen molar-refractivity contribution < 1.29 is 9.18 Å². The van der Waals surface area contributed by atoms with Gasteiger partial charge in [0.05, 0.1) is 10.7 Å². The average Bonchev–Trinajstić information content (AvgIpc) is 2.43. The lowest BCUT2D eigenvalue weighted by Gasteiger charge is -2.08. The van der Waals surface area contributed by atoms with Gasteiger partial charge in [0.2, 0.25) is 0 Å². The summed E-state index contributed by atoms with van der Waals surface area (Å²) < 4.78 is 13.7. The van der Waals surface area contributed by atoms with Crippen LogP contribution in [0.15, 0.2) is 30.3 Å². The second-order valence-corrected chi connectivity index (χ2v) is 4.56. The van der Waals surface area contributed by atoms with Crippen LogP contribution < -0.4 is 16.6 Å². The van der Waals surface area contributed by atoms with Crippen LogP contribution in [0.5, 0.6) is 0 Å². The molecule has 0 aliphatic rings. The lowest BCUT2D eigenvalue weighted by Crippen LogP contribution is -2.15. The highest BCUT2D eigenvalue weighted by atomic mass is 35.5. The van der Waals surface area contributed by atoms with Crippen molar-refractivity contribution in [3.8, 4) is 0 Å². The van der Waals surface area contributed by atoms with E-state index in [1.54, 1.807) is 0 Å². The molecule has 2 rings (SSSR count). The highest BCUT2D eigenvalue weighted by Crippen LogP contribution is 2.23. The number of hydrogen-bond acceptors (Lipinski definition) is 4. The Balaban J connectivity index is 2.28. The number of carbonyl (C=O) groups excluding carboxylic acids is 1. The van der Waals surface area contributed by atoms with Crippen LogP contribution in [0.1, 0.15) is 10.4 Å². The van der Waals surface area contributed by atoms with Gasteiger partial charge < -0.3 is 10.7 Å². The maximum Gasteiger partial charge on any atom is 0.255 e. The number of carbonyl (C=O) groups is 1. The molecular weight excluding hydrogens is 306 g/mol. The van der Waals surface area contributed by atoms with Crippen molar-refractivity contribution in [3.63, 3.8) is 0 Å². The van der Waals surface area contributed by atoms with Crippen LogP contribution in [-0.4, -0.2) is 10.9 Å². The van der Waals surface area contributed by atoms with Gasteiger partial charge in [-0.2, -0.15) is 0 Å². The molecule has 5 nitrogen and oxygen atoms in total. The standard InChI is InChI=1S/C12H9Cl2FN4O/c13-7-2-1-3-8(11(7)15)17-12(20)6-4-9(14)18-10(5-6)19-16/h1-5H,16H2,(H,17,20)(H,18,19). The Morgan fingerprint density at radius 1 is 1.30 bits per heavy atom. The smallest absolute Gasteiger partial charge is 0.255 e. The van der Waals surface area contributed by atoms with Gasteiger partial charge in [-0.05, 0) is 24.3 Å². The number of rotatable bonds is 3. The topological polar surface area (TPSA) is 80.0 Å². The van der Waals surface area contributed by atoms with Crippen LogP contribution in [-0.2, 0) is 0 Å². The van der Waals surface area contributed by atoms with Crippen LogP contribution in [0.25, 0.3) is 0 Å². The van der Waals surface area contributed by atoms with E-state index in [-0.39, 0.29) is 27.2 Å². The van der Waals surface area contributed by atoms with Crippen molar-refractivity contribution in [1.82, 2.24) is 4.98 Å². The molecule has 1 aromatic heterocycles. The lowest BCUT2D eigenvalue weighted by atomic mass is 10.2. The molecule has 8 heteroatoms. The van der Waals surface area contributed by atoms with Gasteiger partial charge in [0, 0.05) is 5.56 Å². The quantitative estimate of drug-likeness (QED) is 0.462. The Morgan fingerprint density at radius 3 is 2.75 bits per heavy atom. The molecule has 0 fully saturated rings. The van der Waals surface area contributed by atoms with Crippen molar-refractivity contribution in [2.24, 2.45) is 5.84 Å². The van der Waals surface area contributed by atoms with Crippen molar-refractivity contribution in [2.45, 2.75) is 0 Å². The molecule has 2 aromatic rings. The van der Waals surface area contributed by atoms with E-state index < -0.39 is 11.7 Å². The lowest BCUT2D eigenvalue weighted by molar-refractivity contribution is 0.102. The molecule has 1 amide bonds. The second kappa shape index (κ2) is 6.04. The number of nitrogens with zero attached hydrogens (tertiary/aromatic N) is 1. The fourth-order valence-electron chi connectivity index (χ4n) is 1.50. The zero-order valence-electron chi connectivity index (χ0n) is 9.95. The van der Waals surface area contributed by atoms with E-state index >= 15 is 0 Å². The summed E-state index contributed by atoms with van der Waals surface area (Å²) in [5.41, 5.74) is 2.42. The first kappa shape index (κ1) is 14.5. The second-order valence-electron chi connectivity index (χ2n) is 3.76. The average molecular weight is 315 g/mol. The fraction of sp³-hybridized carbons (Fsp3) is 0. The number of hydrazine groups is 1. The van der Waals surface area contributed by atoms with Crippen molar-refractivity contribution in [1.29, 1.82) is 0 Å². The molecule has 0 saturated heterocycles. The third-order valence-corrected chi connectivity index (χ3v) is 2.89. The van der Waals surface area contributed by atoms with Gasteiger partial charge in [0.15, 0.2) is 5.82 Å². The number of pyridine rings is 1. The SMILES string of the molecule is NNc1cc(C(=O)Nc2cccc(Cl)c2F)cc(Cl)n1. The van der Waals surface area contributed by atoms with Crippen LogP contribution in [0.3, 0.4) is 0 Å². The monoisotopic (exact) mass is 314 g/mol. The maximum atomic E-state index is 13.7. The predicted octanol–water partition coefficient (Wildman–Crippen LogP) is 3.07. The Labute approximate surface area is 123 Å². The van der Waals surface area contributed by atoms with E-state index in [2.05, 4.69) is 15.7 Å². The Hall–Kier alpha value is -1.89. The van der Waals surface area contributed by atoms with Gasteiger partial charge in [-0.15, -0.1) is 0 Å². The Kier molecular flexibility index (Phi) is 4.39. The molecule has 0 radical (unpaired) electrons. The Bertz CT molecular complexity index is 666. The number of benzene rings is 1. The van der Waals surface area contributed by atoms with Gasteiger partial charge in [-0.25, -0.2) is 15.2 Å². The number of aromatic nitrogens is 1. The number of anilines is 2. The first-order chi connectivity index (χ1) is 9.51. The number of hydrogen-bond donors (Lipinski definition) is 3. The normalized spacial score (nSPS) is 10.2. The molecule has 0 saturated carbocycles. The number of halogens is 3. The molecule has 0 aliphatic carbocycles. The van der Waals surface area contributed by atoms with Crippen LogP contribution >= 0.6 is 23.2 Å². The number of nitrogens with two attached hydrogens (primary N) is 1. The minimum absolute atomic E-state index is 0.0299. The zero-order valence-corrected chi connectivity index (χ0v) is 11.5. The van der Waals surface area contributed by atoms with E-state index in [0.717, 1.165) is 0 Å². The molecule has 0 aliphatic heterocycles. The molecule has 1 heterocycles. The summed E-state index contributed by atoms with van der Waals surface area (Å²) in [5.74, 6) is 4.15. The summed E-state index contributed by atoms with van der Waals surface area (Å²) in [6.07, 6.45) is 0. The van der Waals surface area contributed by atoms with Crippen LogP contribution in [0.2, 0.25) is 10.2 Å². The van der Waals surface area contributed by atoms with E-state index in [9.17, 15) is 9.18 Å². The van der Waals surface area contributed by atoms with E-state index in [0.29, 0.717) is 0 Å². The predicted molar refractivity (Wildman–Crippen MR) is 76.4 cm³/mol. The maximum absolute atomic E-state index is 13.7. The van der Waals surface area contributed by atoms with Gasteiger partial charge in [0.25, 0.3) is 5.91 Å². The van der Waals surface area contributed by atoms with Gasteiger partial charge >= 0.3 is 0 Å². The minimum atomic E-state index is -0.708. The highest BCUT2D eigenvalue weighted by Gasteiger charge is 2.13.